The van der Waals surface area contributed by atoms with E-state index in [0.717, 1.165) is 0 Å². The van der Waals surface area contributed by atoms with Crippen molar-refractivity contribution in [1.82, 2.24) is 5.48 Å². The molecule has 0 aromatic carbocycles. The number of hydroxylamine groups is 1. The number of rotatable bonds is 1. The Labute approximate surface area is 44.9 Å². The third-order valence-corrected chi connectivity index (χ3v) is 0.158. The Hall–Kier alpha value is 0.210. The first-order valence-corrected chi connectivity index (χ1v) is 1.28. The van der Waals surface area contributed by atoms with Gasteiger partial charge in [-0.25, -0.2) is 5.48 Å². The Morgan fingerprint density at radius 1 is 1.67 bits per heavy atom. The lowest BCUT2D eigenvalue weighted by molar-refractivity contribution is 0.173. The van der Waals surface area contributed by atoms with Crippen molar-refractivity contribution in [2.24, 2.45) is 0 Å². The fourth-order valence-corrected chi connectivity index (χ4v) is 0. The van der Waals surface area contributed by atoms with Crippen LogP contribution in [0.4, 0.5) is 0 Å². The van der Waals surface area contributed by atoms with E-state index in [1.807, 2.05) is 12.4 Å². The van der Waals surface area contributed by atoms with Crippen LogP contribution in [0.3, 0.4) is 0 Å². The van der Waals surface area contributed by atoms with E-state index < -0.39 is 0 Å². The molecule has 0 heterocycles. The van der Waals surface area contributed by atoms with Gasteiger partial charge in [-0.2, -0.15) is 0 Å². The van der Waals surface area contributed by atoms with Crippen molar-refractivity contribution in [2.45, 2.75) is 14.4 Å². The van der Waals surface area contributed by atoms with E-state index in [0.29, 0.717) is 6.54 Å². The lowest BCUT2D eigenvalue weighted by Crippen LogP contribution is -2.02. The minimum absolute atomic E-state index is 0. The van der Waals surface area contributed by atoms with Gasteiger partial charge in [-0.1, -0.05) is 14.4 Å². The molecule has 6 heavy (non-hydrogen) atoms. The Morgan fingerprint density at radius 3 is 1.83 bits per heavy atom. The van der Waals surface area contributed by atoms with Gasteiger partial charge in [-0.05, 0) is 0 Å². The maximum Gasteiger partial charge on any atom is 0.0179 e. The summed E-state index contributed by atoms with van der Waals surface area (Å²) in [5, 5.41) is 7.62. The van der Waals surface area contributed by atoms with Gasteiger partial charge in [0.15, 0.2) is 0 Å². The van der Waals surface area contributed by atoms with Crippen LogP contribution in [-0.4, -0.2) is 11.8 Å². The van der Waals surface area contributed by atoms with Crippen molar-refractivity contribution < 1.29 is 5.21 Å². The summed E-state index contributed by atoms with van der Waals surface area (Å²) in [5.41, 5.74) is 1.93. The van der Waals surface area contributed by atoms with Crippen LogP contribution in [0.15, 0.2) is 0 Å². The van der Waals surface area contributed by atoms with E-state index in [1.54, 1.807) is 0 Å². The van der Waals surface area contributed by atoms with Crippen molar-refractivity contribution in [3.05, 3.63) is 0 Å². The molecule has 3 heteroatoms. The summed E-state index contributed by atoms with van der Waals surface area (Å²) < 4.78 is 0. The summed E-state index contributed by atoms with van der Waals surface area (Å²) in [5.74, 6) is 0. The average Bonchev–Trinajstić information content (AvgIpc) is 1.37. The quantitative estimate of drug-likeness (QED) is 0.498. The Balaban J connectivity index is -0.0000000450. The van der Waals surface area contributed by atoms with Gasteiger partial charge in [0.05, 0.1) is 0 Å². The minimum Gasteiger partial charge on any atom is -0.317 e. The normalized spacial score (nSPS) is 5.00. The Morgan fingerprint density at radius 2 is 1.83 bits per heavy atom. The molecule has 2 N–H and O–H groups in total. The lowest BCUT2D eigenvalue weighted by atomic mass is 10.8. The van der Waals surface area contributed by atoms with E-state index >= 15 is 0 Å². The van der Waals surface area contributed by atoms with E-state index in [4.69, 9.17) is 5.21 Å². The van der Waals surface area contributed by atoms with Crippen molar-refractivity contribution >= 4 is 12.4 Å². The smallest absolute Gasteiger partial charge is 0.0179 e. The Kier molecular flexibility index (Phi) is 51.5. The molecule has 0 aliphatic rings. The maximum absolute atomic E-state index is 7.62. The van der Waals surface area contributed by atoms with Crippen molar-refractivity contribution in [3.63, 3.8) is 0 Å². The van der Waals surface area contributed by atoms with Crippen LogP contribution >= 0.6 is 12.4 Å². The van der Waals surface area contributed by atoms with Crippen LogP contribution < -0.4 is 5.48 Å². The molecule has 0 unspecified atom stereocenters. The van der Waals surface area contributed by atoms with Gasteiger partial charge in [0.2, 0.25) is 0 Å². The van der Waals surface area contributed by atoms with Gasteiger partial charge in [0, 0.05) is 6.54 Å². The largest absolute Gasteiger partial charge is 0.317 e. The summed E-state index contributed by atoms with van der Waals surface area (Å²) in [6.45, 7) is 2.44. The molecule has 0 bridgehead atoms. The van der Waals surface area contributed by atoms with Crippen molar-refractivity contribution in [1.29, 1.82) is 0 Å². The first-order valence-electron chi connectivity index (χ1n) is 1.28. The van der Waals surface area contributed by atoms with Gasteiger partial charge in [-0.15, -0.1) is 12.4 Å². The van der Waals surface area contributed by atoms with E-state index in [2.05, 4.69) is 0 Å². The molecule has 0 saturated carbocycles. The molecule has 0 aliphatic carbocycles. The molecule has 0 saturated heterocycles. The zero-order valence-electron chi connectivity index (χ0n) is 3.06. The molecule has 0 amide bonds. The van der Waals surface area contributed by atoms with Crippen LogP contribution in [0, 0.1) is 0 Å². The Bertz CT molecular complexity index is 12.8. The molecule has 0 aromatic heterocycles. The molecule has 42 valence electrons. The predicted molar refractivity (Wildman–Crippen MR) is 29.4 cm³/mol. The molecule has 0 rings (SSSR count). The molecule has 0 atom stereocenters. The lowest BCUT2D eigenvalue weighted by Gasteiger charge is -1.75. The van der Waals surface area contributed by atoms with Crippen LogP contribution in [-0.2, 0) is 0 Å². The first-order chi connectivity index (χ1) is 1.91. The van der Waals surface area contributed by atoms with E-state index in [-0.39, 0.29) is 19.8 Å². The highest BCUT2D eigenvalue weighted by molar-refractivity contribution is 5.85. The second kappa shape index (κ2) is 18.9. The summed E-state index contributed by atoms with van der Waals surface area (Å²) >= 11 is 0. The maximum atomic E-state index is 7.62. The van der Waals surface area contributed by atoms with Gasteiger partial charge in [-0.3, -0.25) is 0 Å². The fraction of sp³-hybridized carbons (Fsp3) is 1.00. The topological polar surface area (TPSA) is 32.3 Å². The number of nitrogens with one attached hydrogen (secondary N) is 1. The highest BCUT2D eigenvalue weighted by atomic mass is 35.5. The van der Waals surface area contributed by atoms with Crippen LogP contribution in [0.2, 0.25) is 0 Å². The molecule has 0 aliphatic heterocycles. The molecule has 2 nitrogen and oxygen atoms in total. The first kappa shape index (κ1) is 16.4. The van der Waals surface area contributed by atoms with E-state index in [1.165, 1.54) is 0 Å². The van der Waals surface area contributed by atoms with Crippen LogP contribution in [0.5, 0.6) is 0 Å². The third-order valence-electron chi connectivity index (χ3n) is 0.158. The zero-order chi connectivity index (χ0) is 3.41. The highest BCUT2D eigenvalue weighted by Gasteiger charge is 1.51. The summed E-state index contributed by atoms with van der Waals surface area (Å²) in [7, 11) is 0. The van der Waals surface area contributed by atoms with Gasteiger partial charge >= 0.3 is 0 Å². The summed E-state index contributed by atoms with van der Waals surface area (Å²) in [6, 6.07) is 0. The summed E-state index contributed by atoms with van der Waals surface area (Å²) in [6.07, 6.45) is 0. The van der Waals surface area contributed by atoms with Gasteiger partial charge in [0.25, 0.3) is 0 Å². The molecule has 0 aromatic rings. The highest BCUT2D eigenvalue weighted by Crippen LogP contribution is 1.34. The summed E-state index contributed by atoms with van der Waals surface area (Å²) in [4.78, 5) is 0. The molecular formula is C3H12ClNO. The molecule has 0 radical (unpaired) electrons. The zero-order valence-corrected chi connectivity index (χ0v) is 3.88. The standard InChI is InChI=1S/C2H7NO.CH4.ClH/c1-2-3-4;;/h3-4H,2H2,1H3;1H4;1H. The SMILES string of the molecule is C.CCNO.Cl. The van der Waals surface area contributed by atoms with Crippen LogP contribution in [0.25, 0.3) is 0 Å². The fourth-order valence-electron chi connectivity index (χ4n) is 0. The van der Waals surface area contributed by atoms with E-state index in [9.17, 15) is 0 Å². The second-order valence-electron chi connectivity index (χ2n) is 0.512. The van der Waals surface area contributed by atoms with Gasteiger partial charge in [0.1, 0.15) is 0 Å². The average molecular weight is 114 g/mol. The van der Waals surface area contributed by atoms with Crippen LogP contribution in [0.1, 0.15) is 14.4 Å². The molecular weight excluding hydrogens is 101 g/mol. The molecule has 0 fully saturated rings. The van der Waals surface area contributed by atoms with Gasteiger partial charge < -0.3 is 5.21 Å². The second-order valence-corrected chi connectivity index (χ2v) is 0.512. The van der Waals surface area contributed by atoms with Crippen molar-refractivity contribution in [3.8, 4) is 0 Å². The monoisotopic (exact) mass is 113 g/mol. The third kappa shape index (κ3) is 29.6. The number of halogens is 1. The molecule has 0 spiro atoms. The minimum atomic E-state index is 0. The number of hydrogen-bond donors (Lipinski definition) is 2. The number of hydrogen-bond acceptors (Lipinski definition) is 2. The van der Waals surface area contributed by atoms with Crippen molar-refractivity contribution in [2.75, 3.05) is 6.54 Å². The predicted octanol–water partition coefficient (Wildman–Crippen LogP) is 1.04.